The van der Waals surface area contributed by atoms with Crippen molar-refractivity contribution in [3.63, 3.8) is 0 Å². The van der Waals surface area contributed by atoms with Gasteiger partial charge in [-0.25, -0.2) is 0 Å². The number of carbonyl (C=O) groups is 2. The highest BCUT2D eigenvalue weighted by molar-refractivity contribution is 5.96. The van der Waals surface area contributed by atoms with Crippen LogP contribution in [0.15, 0.2) is 11.6 Å². The number of fused-ring (bicyclic) bond motifs is 1. The summed E-state index contributed by atoms with van der Waals surface area (Å²) in [6, 6.07) is 0. The van der Waals surface area contributed by atoms with Gasteiger partial charge in [0.25, 0.3) is 0 Å². The molecule has 3 rings (SSSR count). The Morgan fingerprint density at radius 3 is 2.44 bits per heavy atom. The maximum absolute atomic E-state index is 11.9. The third-order valence-electron chi connectivity index (χ3n) is 4.37. The molecule has 0 aliphatic heterocycles. The Morgan fingerprint density at radius 1 is 1.39 bits per heavy atom. The van der Waals surface area contributed by atoms with Crippen LogP contribution in [0.25, 0.3) is 0 Å². The molecule has 0 aromatic rings. The van der Waals surface area contributed by atoms with Crippen LogP contribution in [0, 0.1) is 22.7 Å². The summed E-state index contributed by atoms with van der Waals surface area (Å²) in [5.74, 6) is 0.553. The Labute approximate surface area is 109 Å². The van der Waals surface area contributed by atoms with Crippen LogP contribution in [-0.2, 0) is 14.3 Å². The number of allylic oxidation sites excluding steroid dienone is 1. The fourth-order valence-corrected chi connectivity index (χ4v) is 2.93. The molecule has 0 N–H and O–H groups in total. The maximum atomic E-state index is 11.9. The van der Waals surface area contributed by atoms with Gasteiger partial charge in [-0.05, 0) is 50.2 Å². The second kappa shape index (κ2) is 3.94. The van der Waals surface area contributed by atoms with Gasteiger partial charge < -0.3 is 4.74 Å². The number of rotatable bonds is 2. The summed E-state index contributed by atoms with van der Waals surface area (Å²) in [7, 11) is 0. The third-order valence-corrected chi connectivity index (χ3v) is 4.37. The molecule has 3 aliphatic rings. The molecule has 0 aromatic carbocycles. The first-order chi connectivity index (χ1) is 8.14. The number of ether oxygens (including phenoxy) is 1. The summed E-state index contributed by atoms with van der Waals surface area (Å²) in [5.41, 5.74) is 0.539. The molecule has 18 heavy (non-hydrogen) atoms. The van der Waals surface area contributed by atoms with Crippen molar-refractivity contribution in [3.8, 4) is 0 Å². The second-order valence-corrected chi connectivity index (χ2v) is 7.11. The molecule has 3 aliphatic carbocycles. The van der Waals surface area contributed by atoms with Crippen LogP contribution in [0.2, 0.25) is 0 Å². The fraction of sp³-hybridized carbons (Fsp3) is 0.733. The van der Waals surface area contributed by atoms with Crippen molar-refractivity contribution in [2.24, 2.45) is 22.7 Å². The monoisotopic (exact) mass is 250 g/mol. The molecule has 2 bridgehead atoms. The van der Waals surface area contributed by atoms with E-state index in [-0.39, 0.29) is 29.7 Å². The molecule has 0 spiro atoms. The molecule has 0 saturated heterocycles. The van der Waals surface area contributed by atoms with Crippen molar-refractivity contribution < 1.29 is 14.3 Å². The molecule has 3 nitrogen and oxygen atoms in total. The molecule has 0 amide bonds. The van der Waals surface area contributed by atoms with E-state index in [0.717, 1.165) is 12.0 Å². The lowest BCUT2D eigenvalue weighted by Crippen LogP contribution is -2.53. The van der Waals surface area contributed by atoms with Crippen LogP contribution in [0.5, 0.6) is 0 Å². The predicted molar refractivity (Wildman–Crippen MR) is 68.9 cm³/mol. The maximum Gasteiger partial charge on any atom is 0.311 e. The fourth-order valence-electron chi connectivity index (χ4n) is 2.93. The van der Waals surface area contributed by atoms with Crippen LogP contribution >= 0.6 is 0 Å². The highest BCUT2D eigenvalue weighted by Crippen LogP contribution is 2.57. The number of ketones is 1. The zero-order valence-electron chi connectivity index (χ0n) is 11.9. The van der Waals surface area contributed by atoms with Gasteiger partial charge in [-0.2, -0.15) is 0 Å². The van der Waals surface area contributed by atoms with Gasteiger partial charge in [0.2, 0.25) is 0 Å². The van der Waals surface area contributed by atoms with Crippen LogP contribution in [-0.4, -0.2) is 18.4 Å². The molecule has 0 aromatic heterocycles. The number of carbonyl (C=O) groups excluding carboxylic acids is 2. The van der Waals surface area contributed by atoms with E-state index in [1.807, 2.05) is 20.8 Å². The highest BCUT2D eigenvalue weighted by Gasteiger charge is 2.55. The van der Waals surface area contributed by atoms with Crippen molar-refractivity contribution in [2.75, 3.05) is 6.61 Å². The smallest absolute Gasteiger partial charge is 0.311 e. The van der Waals surface area contributed by atoms with Crippen molar-refractivity contribution in [1.82, 2.24) is 0 Å². The lowest BCUT2D eigenvalue weighted by molar-refractivity contribution is -0.153. The van der Waals surface area contributed by atoms with E-state index in [4.69, 9.17) is 4.74 Å². The normalized spacial score (nSPS) is 29.4. The van der Waals surface area contributed by atoms with Crippen LogP contribution in [0.4, 0.5) is 0 Å². The van der Waals surface area contributed by atoms with Gasteiger partial charge in [-0.1, -0.05) is 13.8 Å². The van der Waals surface area contributed by atoms with Gasteiger partial charge in [0.05, 0.1) is 5.41 Å². The van der Waals surface area contributed by atoms with Gasteiger partial charge in [0.15, 0.2) is 5.78 Å². The van der Waals surface area contributed by atoms with Gasteiger partial charge >= 0.3 is 5.97 Å². The Bertz CT molecular complexity index is 424. The average molecular weight is 250 g/mol. The lowest BCUT2D eigenvalue weighted by atomic mass is 9.48. The van der Waals surface area contributed by atoms with Crippen LogP contribution in [0.3, 0.4) is 0 Å². The molecule has 1 saturated carbocycles. The largest absolute Gasteiger partial charge is 0.461 e. The third kappa shape index (κ3) is 2.00. The van der Waals surface area contributed by atoms with E-state index in [1.165, 1.54) is 0 Å². The van der Waals surface area contributed by atoms with Gasteiger partial charge in [0.1, 0.15) is 6.61 Å². The number of hydrogen-bond acceptors (Lipinski definition) is 3. The summed E-state index contributed by atoms with van der Waals surface area (Å²) in [6.45, 7) is 10.0. The quantitative estimate of drug-likeness (QED) is 0.708. The first kappa shape index (κ1) is 13.3. The average Bonchev–Trinajstić information content (AvgIpc) is 2.23. The molecular weight excluding hydrogens is 228 g/mol. The van der Waals surface area contributed by atoms with Crippen LogP contribution < -0.4 is 0 Å². The summed E-state index contributed by atoms with van der Waals surface area (Å²) in [5, 5.41) is 0. The minimum atomic E-state index is -0.489. The molecule has 0 radical (unpaired) electrons. The summed E-state index contributed by atoms with van der Waals surface area (Å²) in [6.07, 6.45) is 2.62. The molecule has 0 unspecified atom stereocenters. The SMILES string of the molecule is CC(C)(C)C(=O)OCC1=CC(=O)[C@@H]2C[C@H]1C2(C)C. The standard InChI is InChI=1S/C15H22O3/c1-14(2,3)13(17)18-8-9-6-12(16)11-7-10(9)15(11,4)5/h6,10-11H,7-8H2,1-5H3/t10-,11+/m1/s1. The van der Waals surface area contributed by atoms with E-state index < -0.39 is 5.41 Å². The van der Waals surface area contributed by atoms with Crippen LogP contribution in [0.1, 0.15) is 41.0 Å². The van der Waals surface area contributed by atoms with E-state index in [9.17, 15) is 9.59 Å². The molecule has 100 valence electrons. The van der Waals surface area contributed by atoms with Crippen molar-refractivity contribution >= 4 is 11.8 Å². The van der Waals surface area contributed by atoms with Gasteiger partial charge in [0, 0.05) is 5.92 Å². The minimum absolute atomic E-state index is 0.0370. The van der Waals surface area contributed by atoms with Gasteiger partial charge in [-0.15, -0.1) is 0 Å². The van der Waals surface area contributed by atoms with Crippen molar-refractivity contribution in [3.05, 3.63) is 11.6 Å². The topological polar surface area (TPSA) is 43.4 Å². The number of esters is 1. The Kier molecular flexibility index (Phi) is 2.91. The summed E-state index contributed by atoms with van der Waals surface area (Å²) in [4.78, 5) is 23.6. The zero-order valence-corrected chi connectivity index (χ0v) is 11.9. The molecule has 2 atom stereocenters. The van der Waals surface area contributed by atoms with Crippen molar-refractivity contribution in [1.29, 1.82) is 0 Å². The molecule has 1 fully saturated rings. The first-order valence-electron chi connectivity index (χ1n) is 6.55. The number of hydrogen-bond donors (Lipinski definition) is 0. The van der Waals surface area contributed by atoms with Gasteiger partial charge in [-0.3, -0.25) is 9.59 Å². The zero-order chi connectivity index (χ0) is 13.7. The Morgan fingerprint density at radius 2 is 2.00 bits per heavy atom. The summed E-state index contributed by atoms with van der Waals surface area (Å²) < 4.78 is 5.32. The first-order valence-corrected chi connectivity index (χ1v) is 6.55. The Hall–Kier alpha value is -1.12. The lowest BCUT2D eigenvalue weighted by Gasteiger charge is -2.55. The van der Waals surface area contributed by atoms with E-state index >= 15 is 0 Å². The van der Waals surface area contributed by atoms with Crippen molar-refractivity contribution in [2.45, 2.75) is 41.0 Å². The van der Waals surface area contributed by atoms with E-state index in [1.54, 1.807) is 6.08 Å². The molecule has 3 heteroatoms. The second-order valence-electron chi connectivity index (χ2n) is 7.11. The Balaban J connectivity index is 2.03. The predicted octanol–water partition coefficient (Wildman–Crippen LogP) is 2.75. The molecular formula is C15H22O3. The highest BCUT2D eigenvalue weighted by atomic mass is 16.5. The minimum Gasteiger partial charge on any atom is -0.461 e. The van der Waals surface area contributed by atoms with E-state index in [2.05, 4.69) is 13.8 Å². The molecule has 0 heterocycles. The summed E-state index contributed by atoms with van der Waals surface area (Å²) >= 11 is 0. The van der Waals surface area contributed by atoms with E-state index in [0.29, 0.717) is 5.92 Å².